The molecule has 0 bridgehead atoms. The van der Waals surface area contributed by atoms with Crippen LogP contribution in [-0.2, 0) is 21.4 Å². The largest absolute Gasteiger partial charge is 0.359 e. The van der Waals surface area contributed by atoms with Gasteiger partial charge in [-0.3, -0.25) is 9.79 Å². The molecule has 0 spiro atoms. The van der Waals surface area contributed by atoms with Gasteiger partial charge in [0.05, 0.1) is 4.90 Å². The van der Waals surface area contributed by atoms with Crippen LogP contribution in [0.25, 0.3) is 0 Å². The summed E-state index contributed by atoms with van der Waals surface area (Å²) in [6.07, 6.45) is 2.49. The number of halogens is 1. The van der Waals surface area contributed by atoms with Crippen molar-refractivity contribution in [2.45, 2.75) is 30.7 Å². The van der Waals surface area contributed by atoms with Gasteiger partial charge in [-0.15, -0.1) is 24.0 Å². The minimum atomic E-state index is -3.67. The summed E-state index contributed by atoms with van der Waals surface area (Å²) in [6.45, 7) is 2.24. The van der Waals surface area contributed by atoms with Crippen molar-refractivity contribution in [1.82, 2.24) is 15.5 Å². The van der Waals surface area contributed by atoms with Gasteiger partial charge in [0.1, 0.15) is 0 Å². The highest BCUT2D eigenvalue weighted by Gasteiger charge is 2.23. The third kappa shape index (κ3) is 7.26. The predicted molar refractivity (Wildman–Crippen MR) is 116 cm³/mol. The van der Waals surface area contributed by atoms with Crippen molar-refractivity contribution < 1.29 is 13.2 Å². The van der Waals surface area contributed by atoms with Crippen LogP contribution in [0.15, 0.2) is 34.2 Å². The van der Waals surface area contributed by atoms with Crippen LogP contribution in [0, 0.1) is 5.92 Å². The lowest BCUT2D eigenvalue weighted by Crippen LogP contribution is -2.45. The number of nitrogens with zero attached hydrogens (tertiary/aromatic N) is 2. The summed E-state index contributed by atoms with van der Waals surface area (Å²) in [5.74, 6) is 1.31. The SMILES string of the molecule is CN=C(NCc1ccc(S(N)(=O)=O)cc1)N1CCC(CC(=O)NC)CC1.I. The van der Waals surface area contributed by atoms with Crippen molar-refractivity contribution in [1.29, 1.82) is 0 Å². The fourth-order valence-corrected chi connectivity index (χ4v) is 3.54. The molecule has 27 heavy (non-hydrogen) atoms. The Morgan fingerprint density at radius 3 is 2.33 bits per heavy atom. The highest BCUT2D eigenvalue weighted by atomic mass is 127. The van der Waals surface area contributed by atoms with Crippen LogP contribution in [0.5, 0.6) is 0 Å². The second-order valence-electron chi connectivity index (χ2n) is 6.40. The summed E-state index contributed by atoms with van der Waals surface area (Å²) in [4.78, 5) is 18.1. The number of sulfonamides is 1. The van der Waals surface area contributed by atoms with Gasteiger partial charge in [-0.2, -0.15) is 0 Å². The fraction of sp³-hybridized carbons (Fsp3) is 0.529. The zero-order valence-electron chi connectivity index (χ0n) is 15.6. The monoisotopic (exact) mass is 509 g/mol. The molecule has 1 aliphatic heterocycles. The molecule has 152 valence electrons. The smallest absolute Gasteiger partial charge is 0.238 e. The van der Waals surface area contributed by atoms with Crippen LogP contribution in [0.1, 0.15) is 24.8 Å². The van der Waals surface area contributed by atoms with E-state index in [4.69, 9.17) is 5.14 Å². The van der Waals surface area contributed by atoms with E-state index < -0.39 is 10.0 Å². The van der Waals surface area contributed by atoms with E-state index in [1.807, 2.05) is 0 Å². The first-order valence-corrected chi connectivity index (χ1v) is 10.2. The first-order chi connectivity index (χ1) is 12.3. The van der Waals surface area contributed by atoms with Crippen LogP contribution < -0.4 is 15.8 Å². The van der Waals surface area contributed by atoms with E-state index >= 15 is 0 Å². The maximum absolute atomic E-state index is 11.5. The summed E-state index contributed by atoms with van der Waals surface area (Å²) in [5, 5.41) is 11.1. The maximum atomic E-state index is 11.5. The molecule has 8 nitrogen and oxygen atoms in total. The van der Waals surface area contributed by atoms with Crippen molar-refractivity contribution in [2.24, 2.45) is 16.0 Å². The number of benzene rings is 1. The third-order valence-corrected chi connectivity index (χ3v) is 5.51. The molecule has 0 unspecified atom stereocenters. The number of carbonyl (C=O) groups excluding carboxylic acids is 1. The van der Waals surface area contributed by atoms with E-state index in [1.165, 1.54) is 12.1 Å². The van der Waals surface area contributed by atoms with Crippen LogP contribution in [-0.4, -0.2) is 52.4 Å². The molecule has 10 heteroatoms. The minimum Gasteiger partial charge on any atom is -0.359 e. The molecule has 0 aromatic heterocycles. The molecule has 0 saturated carbocycles. The molecule has 1 aromatic carbocycles. The Labute approximate surface area is 178 Å². The predicted octanol–water partition coefficient (Wildman–Crippen LogP) is 0.875. The number of likely N-dealkylation sites (tertiary alicyclic amines) is 1. The molecule has 1 fully saturated rings. The Morgan fingerprint density at radius 2 is 1.85 bits per heavy atom. The van der Waals surface area contributed by atoms with Crippen molar-refractivity contribution in [3.8, 4) is 0 Å². The number of aliphatic imine (C=N–C) groups is 1. The Kier molecular flexibility index (Phi) is 9.47. The Bertz CT molecular complexity index is 744. The molecule has 0 aliphatic carbocycles. The first kappa shape index (κ1) is 23.6. The van der Waals surface area contributed by atoms with Crippen LogP contribution in [0.2, 0.25) is 0 Å². The van der Waals surface area contributed by atoms with Gasteiger partial charge in [-0.05, 0) is 36.5 Å². The second kappa shape index (κ2) is 10.8. The van der Waals surface area contributed by atoms with Crippen LogP contribution in [0.4, 0.5) is 0 Å². The third-order valence-electron chi connectivity index (χ3n) is 4.58. The molecule has 1 heterocycles. The minimum absolute atomic E-state index is 0. The summed E-state index contributed by atoms with van der Waals surface area (Å²) >= 11 is 0. The second-order valence-corrected chi connectivity index (χ2v) is 7.96. The molecular formula is C17H28IN5O3S. The zero-order chi connectivity index (χ0) is 19.2. The summed E-state index contributed by atoms with van der Waals surface area (Å²) in [5.41, 5.74) is 0.938. The van der Waals surface area contributed by atoms with Crippen molar-refractivity contribution in [2.75, 3.05) is 27.2 Å². The van der Waals surface area contributed by atoms with Crippen molar-refractivity contribution in [3.63, 3.8) is 0 Å². The molecule has 0 atom stereocenters. The van der Waals surface area contributed by atoms with Gasteiger partial charge < -0.3 is 15.5 Å². The van der Waals surface area contributed by atoms with Crippen LogP contribution in [0.3, 0.4) is 0 Å². The normalized spacial score (nSPS) is 15.8. The number of primary sulfonamides is 1. The number of piperidine rings is 1. The lowest BCUT2D eigenvalue weighted by atomic mass is 9.93. The number of amides is 1. The first-order valence-electron chi connectivity index (χ1n) is 8.61. The van der Waals surface area contributed by atoms with Crippen LogP contribution >= 0.6 is 24.0 Å². The van der Waals surface area contributed by atoms with Crippen molar-refractivity contribution in [3.05, 3.63) is 29.8 Å². The highest BCUT2D eigenvalue weighted by Crippen LogP contribution is 2.20. The molecule has 4 N–H and O–H groups in total. The van der Waals surface area contributed by atoms with E-state index in [-0.39, 0.29) is 34.8 Å². The van der Waals surface area contributed by atoms with Gasteiger partial charge in [0, 0.05) is 40.2 Å². The average Bonchev–Trinajstić information content (AvgIpc) is 2.63. The Morgan fingerprint density at radius 1 is 1.26 bits per heavy atom. The van der Waals surface area contributed by atoms with Gasteiger partial charge in [0.25, 0.3) is 0 Å². The van der Waals surface area contributed by atoms with Crippen molar-refractivity contribution >= 4 is 45.9 Å². The van der Waals surface area contributed by atoms with E-state index in [0.717, 1.165) is 37.5 Å². The van der Waals surface area contributed by atoms with E-state index in [1.54, 1.807) is 26.2 Å². The molecule has 1 amide bonds. The topological polar surface area (TPSA) is 117 Å². The molecule has 1 aliphatic rings. The Hall–Kier alpha value is -1.40. The number of hydrogen-bond donors (Lipinski definition) is 3. The fourth-order valence-electron chi connectivity index (χ4n) is 3.02. The molecule has 0 radical (unpaired) electrons. The summed E-state index contributed by atoms with van der Waals surface area (Å²) in [7, 11) is -0.265. The van der Waals surface area contributed by atoms with E-state index in [9.17, 15) is 13.2 Å². The summed E-state index contributed by atoms with van der Waals surface area (Å²) in [6, 6.07) is 6.46. The lowest BCUT2D eigenvalue weighted by molar-refractivity contribution is -0.121. The summed E-state index contributed by atoms with van der Waals surface area (Å²) < 4.78 is 22.6. The van der Waals surface area contributed by atoms with Gasteiger partial charge in [0.15, 0.2) is 5.96 Å². The lowest BCUT2D eigenvalue weighted by Gasteiger charge is -2.34. The number of nitrogens with two attached hydrogens (primary N) is 1. The van der Waals surface area contributed by atoms with E-state index in [2.05, 4.69) is 20.5 Å². The van der Waals surface area contributed by atoms with E-state index in [0.29, 0.717) is 18.9 Å². The maximum Gasteiger partial charge on any atom is 0.238 e. The molecule has 2 rings (SSSR count). The molecule has 1 saturated heterocycles. The standard InChI is InChI=1S/C17H27N5O3S.HI/c1-19-16(23)11-13-7-9-22(10-8-13)17(20-2)21-12-14-3-5-15(6-4-14)26(18,24)25;/h3-6,13H,7-12H2,1-2H3,(H,19,23)(H,20,21)(H2,18,24,25);1H. The quantitative estimate of drug-likeness (QED) is 0.310. The number of nitrogens with one attached hydrogen (secondary N) is 2. The average molecular weight is 509 g/mol. The van der Waals surface area contributed by atoms with Gasteiger partial charge >= 0.3 is 0 Å². The molecular weight excluding hydrogens is 481 g/mol. The zero-order valence-corrected chi connectivity index (χ0v) is 18.8. The number of rotatable bonds is 5. The molecule has 1 aromatic rings. The van der Waals surface area contributed by atoms with Gasteiger partial charge in [-0.1, -0.05) is 12.1 Å². The Balaban J connectivity index is 0.00000364. The van der Waals surface area contributed by atoms with Gasteiger partial charge in [0.2, 0.25) is 15.9 Å². The highest BCUT2D eigenvalue weighted by molar-refractivity contribution is 14.0. The number of guanidine groups is 1. The van der Waals surface area contributed by atoms with Gasteiger partial charge in [-0.25, -0.2) is 13.6 Å². The number of carbonyl (C=O) groups is 1. The number of hydrogen-bond acceptors (Lipinski definition) is 4.